The molecule has 0 bridgehead atoms. The van der Waals surface area contributed by atoms with Crippen LogP contribution in [-0.2, 0) is 9.53 Å². The lowest BCUT2D eigenvalue weighted by atomic mass is 10.2. The number of carbonyl (C=O) groups is 2. The van der Waals surface area contributed by atoms with E-state index in [-0.39, 0.29) is 29.0 Å². The number of H-pyrrole nitrogens is 1. The summed E-state index contributed by atoms with van der Waals surface area (Å²) >= 11 is 1.05. The highest BCUT2D eigenvalue weighted by Crippen LogP contribution is 2.14. The van der Waals surface area contributed by atoms with Crippen LogP contribution in [0, 0.1) is 0 Å². The molecular formula is C14H14N4O4S. The van der Waals surface area contributed by atoms with Crippen LogP contribution in [0.2, 0.25) is 0 Å². The molecule has 1 aromatic carbocycles. The predicted molar refractivity (Wildman–Crippen MR) is 84.4 cm³/mol. The first-order valence-corrected chi connectivity index (χ1v) is 7.69. The lowest BCUT2D eigenvalue weighted by Gasteiger charge is -2.07. The van der Waals surface area contributed by atoms with Gasteiger partial charge in [-0.15, -0.1) is 5.10 Å². The number of hydrogen-bond donors (Lipinski definition) is 2. The average molecular weight is 334 g/mol. The van der Waals surface area contributed by atoms with Crippen molar-refractivity contribution in [3.8, 4) is 0 Å². The largest absolute Gasteiger partial charge is 0.462 e. The Kier molecular flexibility index (Phi) is 5.87. The number of benzene rings is 1. The van der Waals surface area contributed by atoms with E-state index < -0.39 is 5.97 Å². The molecule has 0 saturated heterocycles. The van der Waals surface area contributed by atoms with Crippen molar-refractivity contribution >= 4 is 29.3 Å². The minimum atomic E-state index is -0.449. The van der Waals surface area contributed by atoms with Gasteiger partial charge >= 0.3 is 5.97 Å². The zero-order valence-electron chi connectivity index (χ0n) is 12.2. The number of aromatic amines is 1. The Balaban J connectivity index is 1.93. The van der Waals surface area contributed by atoms with E-state index in [9.17, 15) is 14.4 Å². The molecule has 1 aromatic heterocycles. The Morgan fingerprint density at radius 3 is 2.96 bits per heavy atom. The number of esters is 1. The molecule has 0 fully saturated rings. The first-order chi connectivity index (χ1) is 11.1. The Bertz CT molecular complexity index is 762. The molecule has 0 unspecified atom stereocenters. The van der Waals surface area contributed by atoms with Crippen LogP contribution in [0.25, 0.3) is 0 Å². The number of rotatable bonds is 6. The molecule has 0 aliphatic heterocycles. The van der Waals surface area contributed by atoms with Gasteiger partial charge in [-0.2, -0.15) is 5.10 Å². The molecule has 8 nitrogen and oxygen atoms in total. The first kappa shape index (κ1) is 16.7. The molecule has 23 heavy (non-hydrogen) atoms. The molecule has 0 atom stereocenters. The summed E-state index contributed by atoms with van der Waals surface area (Å²) in [7, 11) is 0. The minimum absolute atomic E-state index is 0.0399. The fourth-order valence-corrected chi connectivity index (χ4v) is 2.25. The molecule has 120 valence electrons. The maximum Gasteiger partial charge on any atom is 0.338 e. The lowest BCUT2D eigenvalue weighted by Crippen LogP contribution is -2.16. The highest BCUT2D eigenvalue weighted by Gasteiger charge is 2.09. The number of ether oxygens (including phenoxy) is 1. The number of anilines is 1. The average Bonchev–Trinajstić information content (AvgIpc) is 2.53. The zero-order valence-corrected chi connectivity index (χ0v) is 13.1. The van der Waals surface area contributed by atoms with Gasteiger partial charge in [0.05, 0.1) is 17.9 Å². The molecular weight excluding hydrogens is 320 g/mol. The summed E-state index contributed by atoms with van der Waals surface area (Å²) in [6, 6.07) is 6.45. The molecule has 0 aliphatic carbocycles. The standard InChI is InChI=1S/C14H14N4O4S/c1-2-22-13(21)9-4-3-5-10(6-9)16-12(20)8-23-14-17-11(19)7-15-18-14/h3-7H,2,8H2,1H3,(H,16,20)(H,17,18,19). The van der Waals surface area contributed by atoms with Crippen molar-refractivity contribution < 1.29 is 14.3 Å². The summed E-state index contributed by atoms with van der Waals surface area (Å²) in [6.45, 7) is 2.00. The molecule has 0 spiro atoms. The summed E-state index contributed by atoms with van der Waals surface area (Å²) in [5.74, 6) is -0.712. The van der Waals surface area contributed by atoms with Crippen LogP contribution in [-0.4, -0.2) is 39.4 Å². The van der Waals surface area contributed by atoms with E-state index in [0.717, 1.165) is 18.0 Å². The fourth-order valence-electron chi connectivity index (χ4n) is 1.63. The van der Waals surface area contributed by atoms with Gasteiger partial charge in [0.2, 0.25) is 5.91 Å². The summed E-state index contributed by atoms with van der Waals surface area (Å²) in [5.41, 5.74) is 0.453. The van der Waals surface area contributed by atoms with Gasteiger partial charge in [0.15, 0.2) is 5.16 Å². The van der Waals surface area contributed by atoms with Gasteiger partial charge in [-0.25, -0.2) is 4.79 Å². The summed E-state index contributed by atoms with van der Waals surface area (Å²) in [6.07, 6.45) is 1.05. The van der Waals surface area contributed by atoms with E-state index >= 15 is 0 Å². The Morgan fingerprint density at radius 1 is 1.39 bits per heavy atom. The smallest absolute Gasteiger partial charge is 0.338 e. The third-order valence-electron chi connectivity index (χ3n) is 2.55. The maximum atomic E-state index is 11.9. The van der Waals surface area contributed by atoms with Crippen LogP contribution in [0.3, 0.4) is 0 Å². The third kappa shape index (κ3) is 5.22. The number of amides is 1. The van der Waals surface area contributed by atoms with Gasteiger partial charge in [-0.05, 0) is 25.1 Å². The van der Waals surface area contributed by atoms with Crippen LogP contribution < -0.4 is 10.9 Å². The summed E-state index contributed by atoms with van der Waals surface area (Å²) in [5, 5.41) is 10.1. The van der Waals surface area contributed by atoms with Crippen molar-refractivity contribution in [1.82, 2.24) is 15.2 Å². The zero-order chi connectivity index (χ0) is 16.7. The van der Waals surface area contributed by atoms with Crippen molar-refractivity contribution in [2.24, 2.45) is 0 Å². The second-order valence-electron chi connectivity index (χ2n) is 4.28. The minimum Gasteiger partial charge on any atom is -0.462 e. The SMILES string of the molecule is CCOC(=O)c1cccc(NC(=O)CSc2nncc(=O)[nH]2)c1. The van der Waals surface area contributed by atoms with Crippen molar-refractivity contribution in [3.63, 3.8) is 0 Å². The molecule has 1 amide bonds. The Labute approximate surface area is 135 Å². The number of hydrogen-bond acceptors (Lipinski definition) is 7. The van der Waals surface area contributed by atoms with Crippen LogP contribution in [0.5, 0.6) is 0 Å². The van der Waals surface area contributed by atoms with Gasteiger partial charge in [0.1, 0.15) is 6.20 Å². The quantitative estimate of drug-likeness (QED) is 0.600. The van der Waals surface area contributed by atoms with Crippen molar-refractivity contribution in [3.05, 3.63) is 46.4 Å². The lowest BCUT2D eigenvalue weighted by molar-refractivity contribution is -0.113. The topological polar surface area (TPSA) is 114 Å². The highest BCUT2D eigenvalue weighted by atomic mass is 32.2. The predicted octanol–water partition coefficient (Wildman–Crippen LogP) is 1.07. The van der Waals surface area contributed by atoms with Crippen molar-refractivity contribution in [2.45, 2.75) is 12.1 Å². The second-order valence-corrected chi connectivity index (χ2v) is 5.24. The van der Waals surface area contributed by atoms with E-state index in [4.69, 9.17) is 4.74 Å². The second kappa shape index (κ2) is 8.08. The molecule has 0 saturated carbocycles. The Morgan fingerprint density at radius 2 is 2.22 bits per heavy atom. The molecule has 2 N–H and O–H groups in total. The van der Waals surface area contributed by atoms with E-state index in [1.54, 1.807) is 25.1 Å². The molecule has 2 rings (SSSR count). The number of aromatic nitrogens is 3. The monoisotopic (exact) mass is 334 g/mol. The van der Waals surface area contributed by atoms with Gasteiger partial charge in [-0.3, -0.25) is 14.6 Å². The fraction of sp³-hybridized carbons (Fsp3) is 0.214. The van der Waals surface area contributed by atoms with E-state index in [1.165, 1.54) is 6.07 Å². The van der Waals surface area contributed by atoms with Crippen molar-refractivity contribution in [2.75, 3.05) is 17.7 Å². The van der Waals surface area contributed by atoms with Crippen molar-refractivity contribution in [1.29, 1.82) is 0 Å². The maximum absolute atomic E-state index is 11.9. The van der Waals surface area contributed by atoms with Gasteiger partial charge in [0.25, 0.3) is 5.56 Å². The van der Waals surface area contributed by atoms with E-state index in [2.05, 4.69) is 20.5 Å². The molecule has 9 heteroatoms. The van der Waals surface area contributed by atoms with Crippen LogP contribution in [0.4, 0.5) is 5.69 Å². The van der Waals surface area contributed by atoms with Gasteiger partial charge in [-0.1, -0.05) is 17.8 Å². The molecule has 0 aliphatic rings. The Hall–Kier alpha value is -2.68. The van der Waals surface area contributed by atoms with E-state index in [0.29, 0.717) is 11.3 Å². The molecule has 1 heterocycles. The summed E-state index contributed by atoms with van der Waals surface area (Å²) < 4.78 is 4.90. The number of thioether (sulfide) groups is 1. The third-order valence-corrected chi connectivity index (χ3v) is 3.41. The van der Waals surface area contributed by atoms with Gasteiger partial charge < -0.3 is 10.1 Å². The molecule has 2 aromatic rings. The highest BCUT2D eigenvalue weighted by molar-refractivity contribution is 7.99. The van der Waals surface area contributed by atoms with E-state index in [1.807, 2.05) is 0 Å². The number of carbonyl (C=O) groups excluding carboxylic acids is 2. The normalized spacial score (nSPS) is 10.1. The number of nitrogens with one attached hydrogen (secondary N) is 2. The van der Waals surface area contributed by atoms with Crippen LogP contribution in [0.15, 0.2) is 40.4 Å². The molecule has 0 radical (unpaired) electrons. The number of nitrogens with zero attached hydrogens (tertiary/aromatic N) is 2. The van der Waals surface area contributed by atoms with Gasteiger partial charge in [0, 0.05) is 5.69 Å². The first-order valence-electron chi connectivity index (χ1n) is 6.70. The van der Waals surface area contributed by atoms with Crippen LogP contribution in [0.1, 0.15) is 17.3 Å². The van der Waals surface area contributed by atoms with Crippen LogP contribution >= 0.6 is 11.8 Å². The summed E-state index contributed by atoms with van der Waals surface area (Å²) in [4.78, 5) is 37.0.